The fourth-order valence-electron chi connectivity index (χ4n) is 2.91. The Morgan fingerprint density at radius 2 is 1.65 bits per heavy atom. The van der Waals surface area contributed by atoms with Gasteiger partial charge in [0.25, 0.3) is 0 Å². The van der Waals surface area contributed by atoms with Gasteiger partial charge in [-0.15, -0.1) is 0 Å². The minimum atomic E-state index is -1.74. The van der Waals surface area contributed by atoms with Crippen LogP contribution in [-0.4, -0.2) is 0 Å². The van der Waals surface area contributed by atoms with Crippen molar-refractivity contribution in [2.45, 2.75) is 5.92 Å². The van der Waals surface area contributed by atoms with Gasteiger partial charge in [-0.2, -0.15) is 26.3 Å². The maximum atomic E-state index is 9.67. The first-order chi connectivity index (χ1) is 11.0. The van der Waals surface area contributed by atoms with Gasteiger partial charge in [-0.05, 0) is 17.7 Å². The van der Waals surface area contributed by atoms with Crippen LogP contribution in [0.15, 0.2) is 40.0 Å². The zero-order chi connectivity index (χ0) is 17.3. The van der Waals surface area contributed by atoms with E-state index in [2.05, 4.69) is 15.9 Å². The molecular weight excluding hydrogens is 356 g/mol. The summed E-state index contributed by atoms with van der Waals surface area (Å²) in [4.78, 5) is 0. The number of nitriles is 5. The van der Waals surface area contributed by atoms with Crippen LogP contribution in [0.1, 0.15) is 11.5 Å². The van der Waals surface area contributed by atoms with E-state index in [1.54, 1.807) is 36.4 Å². The van der Waals surface area contributed by atoms with Crippen LogP contribution in [0.25, 0.3) is 0 Å². The van der Waals surface area contributed by atoms with Gasteiger partial charge in [-0.1, -0.05) is 28.1 Å². The van der Waals surface area contributed by atoms with Crippen LogP contribution in [0, 0.1) is 67.5 Å². The third-order valence-corrected chi connectivity index (χ3v) is 4.53. The summed E-state index contributed by atoms with van der Waals surface area (Å²) in [5, 5.41) is 46.7. The van der Waals surface area contributed by atoms with Crippen LogP contribution in [0.5, 0.6) is 0 Å². The van der Waals surface area contributed by atoms with Crippen LogP contribution >= 0.6 is 15.9 Å². The third-order valence-electron chi connectivity index (χ3n) is 4.03. The molecule has 23 heavy (non-hydrogen) atoms. The third kappa shape index (κ3) is 1.88. The molecule has 7 heteroatoms. The summed E-state index contributed by atoms with van der Waals surface area (Å²) in [6, 6.07) is 15.7. The highest BCUT2D eigenvalue weighted by atomic mass is 79.9. The molecule has 6 nitrogen and oxygen atoms in total. The van der Waals surface area contributed by atoms with Crippen molar-refractivity contribution in [3.8, 4) is 30.3 Å². The van der Waals surface area contributed by atoms with Gasteiger partial charge < -0.3 is 5.73 Å². The highest BCUT2D eigenvalue weighted by Crippen LogP contribution is 2.76. The monoisotopic (exact) mass is 362 g/mol. The lowest BCUT2D eigenvalue weighted by molar-refractivity contribution is 0.660. The Labute approximate surface area is 141 Å². The highest BCUT2D eigenvalue weighted by Gasteiger charge is 2.82. The molecule has 1 aliphatic carbocycles. The summed E-state index contributed by atoms with van der Waals surface area (Å²) in [6.07, 6.45) is 0. The predicted octanol–water partition coefficient (Wildman–Crippen LogP) is 2.35. The molecule has 0 saturated heterocycles. The number of benzene rings is 1. The van der Waals surface area contributed by atoms with Crippen molar-refractivity contribution >= 4 is 15.9 Å². The lowest BCUT2D eigenvalue weighted by atomic mass is 9.90. The Morgan fingerprint density at radius 1 is 1.04 bits per heavy atom. The van der Waals surface area contributed by atoms with Gasteiger partial charge in [0.15, 0.2) is 5.41 Å². The SMILES string of the molecule is N#CC(C#N)=C(N)[C@]1(C#N)[C@H](c2cccc(Br)c2)C1(C#N)C#N. The van der Waals surface area contributed by atoms with E-state index in [1.165, 1.54) is 0 Å². The van der Waals surface area contributed by atoms with Crippen molar-refractivity contribution in [3.63, 3.8) is 0 Å². The first kappa shape index (κ1) is 16.1. The normalized spacial score (nSPS) is 23.0. The van der Waals surface area contributed by atoms with Crippen molar-refractivity contribution in [3.05, 3.63) is 45.6 Å². The van der Waals surface area contributed by atoms with E-state index in [1.807, 2.05) is 18.2 Å². The Balaban J connectivity index is 2.80. The molecule has 1 fully saturated rings. The predicted molar refractivity (Wildman–Crippen MR) is 81.0 cm³/mol. The van der Waals surface area contributed by atoms with E-state index in [4.69, 9.17) is 16.3 Å². The zero-order valence-corrected chi connectivity index (χ0v) is 13.2. The van der Waals surface area contributed by atoms with Gasteiger partial charge in [0.1, 0.15) is 23.1 Å². The molecule has 2 atom stereocenters. The number of hydrogen-bond donors (Lipinski definition) is 1. The molecule has 1 saturated carbocycles. The molecular formula is C16H7BrN6. The summed E-state index contributed by atoms with van der Waals surface area (Å²) >= 11 is 3.30. The second-order valence-electron chi connectivity index (χ2n) is 4.95. The molecule has 0 amide bonds. The van der Waals surface area contributed by atoms with Crippen LogP contribution in [0.2, 0.25) is 0 Å². The highest BCUT2D eigenvalue weighted by molar-refractivity contribution is 9.10. The van der Waals surface area contributed by atoms with Crippen molar-refractivity contribution in [2.75, 3.05) is 0 Å². The smallest absolute Gasteiger partial charge is 0.177 e. The van der Waals surface area contributed by atoms with E-state index < -0.39 is 22.3 Å². The molecule has 0 bridgehead atoms. The Kier molecular flexibility index (Phi) is 3.82. The van der Waals surface area contributed by atoms with Gasteiger partial charge in [-0.3, -0.25) is 0 Å². The summed E-state index contributed by atoms with van der Waals surface area (Å²) in [5.74, 6) is -0.843. The Bertz CT molecular complexity index is 898. The maximum absolute atomic E-state index is 9.67. The number of hydrogen-bond acceptors (Lipinski definition) is 6. The zero-order valence-electron chi connectivity index (χ0n) is 11.6. The van der Waals surface area contributed by atoms with E-state index >= 15 is 0 Å². The second kappa shape index (κ2) is 5.47. The summed E-state index contributed by atoms with van der Waals surface area (Å²) in [6.45, 7) is 0. The summed E-state index contributed by atoms with van der Waals surface area (Å²) in [7, 11) is 0. The van der Waals surface area contributed by atoms with Gasteiger partial charge in [0, 0.05) is 10.4 Å². The van der Waals surface area contributed by atoms with E-state index in [-0.39, 0.29) is 5.70 Å². The molecule has 108 valence electrons. The average Bonchev–Trinajstić information content (AvgIpc) is 3.19. The Hall–Kier alpha value is -3.31. The number of allylic oxidation sites excluding steroid dienone is 2. The van der Waals surface area contributed by atoms with Crippen molar-refractivity contribution < 1.29 is 0 Å². The van der Waals surface area contributed by atoms with Crippen molar-refractivity contribution in [2.24, 2.45) is 16.6 Å². The molecule has 2 N–H and O–H groups in total. The second-order valence-corrected chi connectivity index (χ2v) is 5.87. The summed E-state index contributed by atoms with van der Waals surface area (Å²) in [5.41, 5.74) is 2.18. The maximum Gasteiger partial charge on any atom is 0.177 e. The number of nitrogens with zero attached hydrogens (tertiary/aromatic N) is 5. The topological polar surface area (TPSA) is 145 Å². The number of nitrogens with two attached hydrogens (primary N) is 1. The van der Waals surface area contributed by atoms with Gasteiger partial charge in [0.05, 0.1) is 23.9 Å². The minimum absolute atomic E-state index is 0.335. The van der Waals surface area contributed by atoms with Crippen LogP contribution in [0.4, 0.5) is 0 Å². The molecule has 0 unspecified atom stereocenters. The van der Waals surface area contributed by atoms with Crippen LogP contribution in [-0.2, 0) is 0 Å². The molecule has 0 heterocycles. The molecule has 1 aliphatic rings. The number of halogens is 1. The summed E-state index contributed by atoms with van der Waals surface area (Å²) < 4.78 is 0.710. The van der Waals surface area contributed by atoms with E-state index in [0.717, 1.165) is 0 Å². The first-order valence-corrected chi connectivity index (χ1v) is 7.08. The van der Waals surface area contributed by atoms with E-state index in [9.17, 15) is 15.8 Å². The first-order valence-electron chi connectivity index (χ1n) is 6.28. The lowest BCUT2D eigenvalue weighted by Gasteiger charge is -2.09. The molecule has 1 aromatic carbocycles. The van der Waals surface area contributed by atoms with Crippen LogP contribution < -0.4 is 5.73 Å². The molecule has 0 spiro atoms. The molecule has 1 aromatic rings. The molecule has 2 rings (SSSR count). The number of rotatable bonds is 2. The standard InChI is InChI=1S/C16H7BrN6/c17-12-3-1-2-10(4-12)13-15(7-20,8-21)16(13,9-22)14(23)11(5-18)6-19/h1-4,13H,23H2/t13-,16+/m1/s1. The molecule has 0 radical (unpaired) electrons. The van der Waals surface area contributed by atoms with Crippen LogP contribution in [0.3, 0.4) is 0 Å². The molecule has 0 aromatic heterocycles. The fourth-order valence-corrected chi connectivity index (χ4v) is 3.33. The van der Waals surface area contributed by atoms with Crippen molar-refractivity contribution in [1.29, 1.82) is 26.3 Å². The van der Waals surface area contributed by atoms with E-state index in [0.29, 0.717) is 10.0 Å². The van der Waals surface area contributed by atoms with Gasteiger partial charge in [0.2, 0.25) is 0 Å². The lowest BCUT2D eigenvalue weighted by Crippen LogP contribution is -2.20. The molecule has 0 aliphatic heterocycles. The fraction of sp³-hybridized carbons (Fsp3) is 0.188. The van der Waals surface area contributed by atoms with Gasteiger partial charge >= 0.3 is 0 Å². The van der Waals surface area contributed by atoms with Crippen molar-refractivity contribution in [1.82, 2.24) is 0 Å². The Morgan fingerprint density at radius 3 is 2.09 bits per heavy atom. The minimum Gasteiger partial charge on any atom is -0.399 e. The largest absolute Gasteiger partial charge is 0.399 e. The quantitative estimate of drug-likeness (QED) is 0.798. The van der Waals surface area contributed by atoms with Gasteiger partial charge in [-0.25, -0.2) is 0 Å². The average molecular weight is 363 g/mol.